The average Bonchev–Trinajstić information content (AvgIpc) is 3.92. The third-order valence-electron chi connectivity index (χ3n) is 9.71. The molecule has 0 bridgehead atoms. The first-order valence-corrected chi connectivity index (χ1v) is 20.8. The van der Waals surface area contributed by atoms with Crippen molar-refractivity contribution in [1.82, 2.24) is 49.5 Å². The molecule has 6 aromatic heterocycles. The molecule has 20 nitrogen and oxygen atoms in total. The van der Waals surface area contributed by atoms with Gasteiger partial charge >= 0.3 is 11.9 Å². The zero-order chi connectivity index (χ0) is 46.2. The monoisotopic (exact) mass is 888 g/mol. The molecule has 10 rings (SSSR count). The van der Waals surface area contributed by atoms with Crippen LogP contribution in [0.25, 0.3) is 22.5 Å². The number of aromatic carboxylic acids is 1. The van der Waals surface area contributed by atoms with Crippen LogP contribution in [0.1, 0.15) is 52.6 Å². The highest BCUT2D eigenvalue weighted by atomic mass is 16.5. The summed E-state index contributed by atoms with van der Waals surface area (Å²) in [5.74, 6) is 1.57. The lowest BCUT2D eigenvalue weighted by atomic mass is 10.0. The zero-order valence-corrected chi connectivity index (χ0v) is 36.5. The maximum atomic E-state index is 12.6. The topological polar surface area (TPSA) is 243 Å². The number of carbonyl (C=O) groups excluding carboxylic acids is 1. The van der Waals surface area contributed by atoms with E-state index in [9.17, 15) is 14.7 Å². The molecule has 334 valence electrons. The molecule has 8 heterocycles. The number of rotatable bonds is 11. The van der Waals surface area contributed by atoms with Gasteiger partial charge in [-0.05, 0) is 55.5 Å². The fourth-order valence-corrected chi connectivity index (χ4v) is 6.94. The summed E-state index contributed by atoms with van der Waals surface area (Å²) in [6.07, 6.45) is 9.82. The Bertz CT molecular complexity index is 3020. The minimum absolute atomic E-state index is 0.0708. The fourth-order valence-electron chi connectivity index (χ4n) is 6.94. The van der Waals surface area contributed by atoms with Crippen molar-refractivity contribution in [3.05, 3.63) is 132 Å². The predicted molar refractivity (Wildman–Crippen MR) is 246 cm³/mol. The summed E-state index contributed by atoms with van der Waals surface area (Å²) in [6, 6.07) is 22.1. The van der Waals surface area contributed by atoms with E-state index in [-0.39, 0.29) is 41.3 Å². The zero-order valence-electron chi connectivity index (χ0n) is 36.5. The second-order valence-electron chi connectivity index (χ2n) is 14.2. The number of esters is 1. The lowest BCUT2D eigenvalue weighted by molar-refractivity contribution is 0.0526. The van der Waals surface area contributed by atoms with Crippen molar-refractivity contribution in [1.29, 1.82) is 0 Å². The molecule has 2 aliphatic heterocycles. The van der Waals surface area contributed by atoms with Crippen molar-refractivity contribution < 1.29 is 28.9 Å². The largest absolute Gasteiger partial charge is 0.486 e. The van der Waals surface area contributed by atoms with Crippen molar-refractivity contribution in [3.63, 3.8) is 0 Å². The Morgan fingerprint density at radius 1 is 0.652 bits per heavy atom. The van der Waals surface area contributed by atoms with Crippen LogP contribution >= 0.6 is 0 Å². The van der Waals surface area contributed by atoms with E-state index in [1.54, 1.807) is 52.9 Å². The van der Waals surface area contributed by atoms with Gasteiger partial charge in [-0.25, -0.2) is 29.5 Å². The van der Waals surface area contributed by atoms with Crippen LogP contribution in [0.2, 0.25) is 0 Å². The molecule has 0 unspecified atom stereocenters. The second-order valence-corrected chi connectivity index (χ2v) is 14.2. The van der Waals surface area contributed by atoms with Gasteiger partial charge in [0.1, 0.15) is 47.4 Å². The van der Waals surface area contributed by atoms with E-state index in [1.807, 2.05) is 88.9 Å². The van der Waals surface area contributed by atoms with Crippen molar-refractivity contribution in [2.24, 2.45) is 14.1 Å². The molecule has 20 heteroatoms. The average molecular weight is 889 g/mol. The highest BCUT2D eigenvalue weighted by molar-refractivity contribution is 5.96. The lowest BCUT2D eigenvalue weighted by Gasteiger charge is -2.21. The van der Waals surface area contributed by atoms with Crippen molar-refractivity contribution >= 4 is 58.5 Å². The molecule has 66 heavy (non-hydrogen) atoms. The molecule has 0 spiro atoms. The number of hydrogen-bond donors (Lipinski definition) is 5. The van der Waals surface area contributed by atoms with Gasteiger partial charge in [-0.1, -0.05) is 38.1 Å². The number of nitrogens with zero attached hydrogens (tertiary/aromatic N) is 10. The summed E-state index contributed by atoms with van der Waals surface area (Å²) in [5.41, 5.74) is 6.76. The maximum Gasteiger partial charge on any atom is 0.343 e. The summed E-state index contributed by atoms with van der Waals surface area (Å²) < 4.78 is 20.7. The molecular weight excluding hydrogens is 845 g/mol. The number of nitrogens with one attached hydrogen (secondary N) is 4. The van der Waals surface area contributed by atoms with Gasteiger partial charge in [-0.2, -0.15) is 20.2 Å². The van der Waals surface area contributed by atoms with Gasteiger partial charge in [0, 0.05) is 73.5 Å². The molecule has 2 aromatic carbocycles. The maximum absolute atomic E-state index is 12.6. The first-order valence-electron chi connectivity index (χ1n) is 20.8. The third kappa shape index (κ3) is 9.51. The van der Waals surface area contributed by atoms with Gasteiger partial charge in [-0.15, -0.1) is 0 Å². The van der Waals surface area contributed by atoms with Crippen molar-refractivity contribution in [3.8, 4) is 34.0 Å². The highest BCUT2D eigenvalue weighted by Crippen LogP contribution is 2.44. The summed E-state index contributed by atoms with van der Waals surface area (Å²) in [6.45, 7) is 6.75. The number of carboxylic acid groups (broad SMARTS) is 1. The highest BCUT2D eigenvalue weighted by Gasteiger charge is 2.26. The van der Waals surface area contributed by atoms with Gasteiger partial charge in [0.25, 0.3) is 0 Å². The van der Waals surface area contributed by atoms with Crippen LogP contribution in [-0.2, 0) is 32.0 Å². The summed E-state index contributed by atoms with van der Waals surface area (Å²) in [4.78, 5) is 49.9. The van der Waals surface area contributed by atoms with Crippen LogP contribution in [0.5, 0.6) is 11.5 Å². The van der Waals surface area contributed by atoms with Crippen molar-refractivity contribution in [2.75, 3.05) is 27.9 Å². The number of carboxylic acids is 1. The molecule has 0 saturated heterocycles. The Morgan fingerprint density at radius 2 is 1.14 bits per heavy atom. The number of carbonyl (C=O) groups is 2. The molecule has 0 amide bonds. The molecule has 0 saturated carbocycles. The molecular formula is C46H44N14O6. The van der Waals surface area contributed by atoms with Crippen molar-refractivity contribution in [2.45, 2.75) is 34.0 Å². The summed E-state index contributed by atoms with van der Waals surface area (Å²) in [7, 11) is 3.74. The van der Waals surface area contributed by atoms with Gasteiger partial charge in [0.2, 0.25) is 11.9 Å². The molecule has 8 aromatic rings. The van der Waals surface area contributed by atoms with Gasteiger partial charge in [-0.3, -0.25) is 9.36 Å². The number of benzene rings is 2. The number of aromatic nitrogens is 10. The standard InChI is InChI=1S/C23H21N7O3.C21H17N7O3.C2H6/c1-3-32-22(31)16-11-25-23(27-18-9-4-5-10-24-18)28-21(16)26-17-8-6-7-15-19-14(12-30(2)29-19)13-33-20(15)17;1-28-10-12-11-31-18-13(17(12)27-28)5-4-6-15(18)24-19-14(20(29)30)9-23-21(26-19)25-16-7-2-3-8-22-16;1-2/h4-12H,3,13H2,1-2H3,(H2,24,25,26,27,28);2-10H,11H2,1H3,(H,29,30)(H2,22,23,24,25,26);1-2H3. The molecule has 0 aliphatic carbocycles. The Kier molecular flexibility index (Phi) is 13.0. The number of fused-ring (bicyclic) bond motifs is 6. The number of hydrogen-bond acceptors (Lipinski definition) is 17. The number of pyridine rings is 2. The first-order chi connectivity index (χ1) is 32.2. The molecule has 2 aliphatic rings. The van der Waals surface area contributed by atoms with E-state index in [0.717, 1.165) is 33.6 Å². The first kappa shape index (κ1) is 43.7. The quantitative estimate of drug-likeness (QED) is 0.0768. The van der Waals surface area contributed by atoms with E-state index in [2.05, 4.69) is 61.4 Å². The van der Waals surface area contributed by atoms with E-state index >= 15 is 0 Å². The van der Waals surface area contributed by atoms with Crippen LogP contribution in [0.3, 0.4) is 0 Å². The smallest absolute Gasteiger partial charge is 0.343 e. The Balaban J connectivity index is 0.000000173. The molecule has 0 fully saturated rings. The van der Waals surface area contributed by atoms with E-state index in [0.29, 0.717) is 47.7 Å². The van der Waals surface area contributed by atoms with E-state index < -0.39 is 11.9 Å². The summed E-state index contributed by atoms with van der Waals surface area (Å²) in [5, 5.41) is 31.0. The fraction of sp³-hybridized carbons (Fsp3) is 0.174. The summed E-state index contributed by atoms with van der Waals surface area (Å²) >= 11 is 0. The Labute approximate surface area is 378 Å². The van der Waals surface area contributed by atoms with Crippen LogP contribution in [0.15, 0.2) is 110 Å². The third-order valence-corrected chi connectivity index (χ3v) is 9.71. The minimum Gasteiger partial charge on any atom is -0.486 e. The SMILES string of the molecule is CC.CCOC(=O)c1cnc(Nc2ccccn2)nc1Nc1cccc2c1OCc1cn(C)nc1-2.Cn1cc2c(n1)-c1cccc(Nc3nc(Nc4ccccn4)ncc3C(=O)O)c1OC2. The number of anilines is 8. The van der Waals surface area contributed by atoms with Crippen LogP contribution < -0.4 is 30.7 Å². The second kappa shape index (κ2) is 19.6. The van der Waals surface area contributed by atoms with Gasteiger partial charge in [0.15, 0.2) is 23.1 Å². The minimum atomic E-state index is -1.15. The Morgan fingerprint density at radius 3 is 1.59 bits per heavy atom. The van der Waals surface area contributed by atoms with Crippen LogP contribution in [0, 0.1) is 0 Å². The van der Waals surface area contributed by atoms with Crippen LogP contribution in [0.4, 0.5) is 46.5 Å². The normalized spacial score (nSPS) is 11.5. The van der Waals surface area contributed by atoms with E-state index in [4.69, 9.17) is 14.2 Å². The number of para-hydroxylation sites is 2. The predicted octanol–water partition coefficient (Wildman–Crippen LogP) is 8.20. The van der Waals surface area contributed by atoms with Crippen LogP contribution in [-0.4, -0.2) is 73.1 Å². The molecule has 0 atom stereocenters. The van der Waals surface area contributed by atoms with E-state index in [1.165, 1.54) is 12.4 Å². The number of ether oxygens (including phenoxy) is 3. The molecule has 0 radical (unpaired) electrons. The van der Waals surface area contributed by atoms with Gasteiger partial charge in [0.05, 0.1) is 18.0 Å². The lowest BCUT2D eigenvalue weighted by Crippen LogP contribution is -2.13. The Hall–Kier alpha value is -8.94. The molecule has 5 N–H and O–H groups in total. The van der Waals surface area contributed by atoms with Gasteiger partial charge < -0.3 is 40.6 Å². The number of aryl methyl sites for hydroxylation is 2.